The van der Waals surface area contributed by atoms with Crippen molar-refractivity contribution in [3.05, 3.63) is 0 Å². The highest BCUT2D eigenvalue weighted by atomic mass is 32.2. The van der Waals surface area contributed by atoms with Gasteiger partial charge in [0.2, 0.25) is 5.91 Å². The van der Waals surface area contributed by atoms with Crippen LogP contribution in [0.4, 0.5) is 0 Å². The Bertz CT molecular complexity index is 453. The molecule has 2 saturated heterocycles. The van der Waals surface area contributed by atoms with Gasteiger partial charge >= 0.3 is 0 Å². The van der Waals surface area contributed by atoms with E-state index in [1.54, 1.807) is 0 Å². The fourth-order valence-corrected chi connectivity index (χ4v) is 4.76. The smallest absolute Gasteiger partial charge is 0.218 e. The monoisotopic (exact) mass is 317 g/mol. The van der Waals surface area contributed by atoms with Gasteiger partial charge in [-0.2, -0.15) is 0 Å². The van der Waals surface area contributed by atoms with Crippen molar-refractivity contribution in [2.24, 2.45) is 11.1 Å². The Morgan fingerprint density at radius 3 is 2.67 bits per heavy atom. The van der Waals surface area contributed by atoms with Gasteiger partial charge in [0, 0.05) is 26.1 Å². The van der Waals surface area contributed by atoms with Crippen LogP contribution in [0.5, 0.6) is 0 Å². The lowest BCUT2D eigenvalue weighted by Gasteiger charge is -2.45. The molecule has 0 saturated carbocycles. The number of carbonyl (C=O) groups is 1. The molecule has 2 aliphatic heterocycles. The number of carbonyl (C=O) groups excluding carboxylic acids is 1. The molecule has 1 spiro atoms. The Morgan fingerprint density at radius 2 is 2.00 bits per heavy atom. The van der Waals surface area contributed by atoms with E-state index in [0.717, 1.165) is 32.6 Å². The summed E-state index contributed by atoms with van der Waals surface area (Å²) in [5.41, 5.74) is 5.35. The molecule has 7 heteroatoms. The van der Waals surface area contributed by atoms with Gasteiger partial charge in [-0.25, -0.2) is 8.42 Å². The van der Waals surface area contributed by atoms with Crippen molar-refractivity contribution in [3.8, 4) is 0 Å². The molecular weight excluding hydrogens is 290 g/mol. The van der Waals surface area contributed by atoms with Crippen molar-refractivity contribution in [1.82, 2.24) is 10.2 Å². The minimum Gasteiger partial charge on any atom is -0.370 e. The Kier molecular flexibility index (Phi) is 5.62. The first-order valence-corrected chi connectivity index (χ1v) is 9.65. The normalized spacial score (nSPS) is 27.8. The van der Waals surface area contributed by atoms with E-state index >= 15 is 0 Å². The predicted octanol–water partition coefficient (Wildman–Crippen LogP) is -0.258. The van der Waals surface area contributed by atoms with Crippen LogP contribution in [0.25, 0.3) is 0 Å². The number of hydrogen-bond donors (Lipinski definition) is 2. The number of hydrogen-bond acceptors (Lipinski definition) is 5. The highest BCUT2D eigenvalue weighted by Crippen LogP contribution is 2.35. The summed E-state index contributed by atoms with van der Waals surface area (Å²) in [5, 5.41) is 3.47. The number of nitrogens with zero attached hydrogens (tertiary/aromatic N) is 1. The molecule has 0 aromatic heterocycles. The predicted molar refractivity (Wildman–Crippen MR) is 82.7 cm³/mol. The number of sulfone groups is 1. The van der Waals surface area contributed by atoms with Crippen LogP contribution in [0.1, 0.15) is 32.1 Å². The van der Waals surface area contributed by atoms with Crippen LogP contribution >= 0.6 is 0 Å². The third kappa shape index (κ3) is 5.23. The van der Waals surface area contributed by atoms with E-state index in [1.807, 2.05) is 0 Å². The van der Waals surface area contributed by atoms with Gasteiger partial charge in [-0.3, -0.25) is 4.79 Å². The van der Waals surface area contributed by atoms with E-state index in [4.69, 9.17) is 5.73 Å². The van der Waals surface area contributed by atoms with Gasteiger partial charge in [0.15, 0.2) is 9.84 Å². The van der Waals surface area contributed by atoms with Gasteiger partial charge in [-0.1, -0.05) is 0 Å². The fourth-order valence-electron chi connectivity index (χ4n) is 3.51. The van der Waals surface area contributed by atoms with Crippen molar-refractivity contribution >= 4 is 15.7 Å². The average Bonchev–Trinajstić information content (AvgIpc) is 2.44. The first-order valence-electron chi connectivity index (χ1n) is 7.83. The number of piperidine rings is 2. The molecule has 0 bridgehead atoms. The van der Waals surface area contributed by atoms with E-state index < -0.39 is 15.7 Å². The maximum atomic E-state index is 11.9. The summed E-state index contributed by atoms with van der Waals surface area (Å²) in [4.78, 5) is 13.0. The quantitative estimate of drug-likeness (QED) is 0.704. The molecular formula is C14H27N3O3S. The van der Waals surface area contributed by atoms with Gasteiger partial charge < -0.3 is 16.0 Å². The topological polar surface area (TPSA) is 92.5 Å². The molecule has 1 amide bonds. The van der Waals surface area contributed by atoms with E-state index in [2.05, 4.69) is 10.2 Å². The Hall–Kier alpha value is -0.660. The molecule has 2 heterocycles. The van der Waals surface area contributed by atoms with Crippen molar-refractivity contribution in [2.75, 3.05) is 44.2 Å². The summed E-state index contributed by atoms with van der Waals surface area (Å²) in [6, 6.07) is 0. The van der Waals surface area contributed by atoms with Gasteiger partial charge in [-0.15, -0.1) is 0 Å². The van der Waals surface area contributed by atoms with Crippen molar-refractivity contribution in [2.45, 2.75) is 32.1 Å². The van der Waals surface area contributed by atoms with Gasteiger partial charge in [-0.05, 0) is 44.2 Å². The highest BCUT2D eigenvalue weighted by Gasteiger charge is 2.36. The number of nitrogens with two attached hydrogens (primary N) is 1. The SMILES string of the molecule is NC(=O)CCS(=O)(=O)CCN1CCCC2(CCCNC2)C1. The molecule has 0 aromatic rings. The second kappa shape index (κ2) is 7.07. The number of primary amides is 1. The number of amides is 1. The van der Waals surface area contributed by atoms with Crippen LogP contribution in [0.2, 0.25) is 0 Å². The third-order valence-electron chi connectivity index (χ3n) is 4.68. The zero-order valence-electron chi connectivity index (χ0n) is 12.6. The molecule has 2 fully saturated rings. The van der Waals surface area contributed by atoms with Crippen LogP contribution in [0.15, 0.2) is 0 Å². The Labute approximate surface area is 127 Å². The minimum atomic E-state index is -3.18. The van der Waals surface area contributed by atoms with Crippen LogP contribution < -0.4 is 11.1 Å². The van der Waals surface area contributed by atoms with E-state index in [-0.39, 0.29) is 17.9 Å². The number of rotatable bonds is 6. The lowest BCUT2D eigenvalue weighted by molar-refractivity contribution is -0.117. The minimum absolute atomic E-state index is 0.0732. The molecule has 122 valence electrons. The summed E-state index contributed by atoms with van der Waals surface area (Å²) in [6.45, 7) is 4.70. The lowest BCUT2D eigenvalue weighted by atomic mass is 9.74. The molecule has 0 aliphatic carbocycles. The zero-order chi connectivity index (χ0) is 15.3. The maximum absolute atomic E-state index is 11.9. The lowest BCUT2D eigenvalue weighted by Crippen LogP contribution is -2.51. The molecule has 6 nitrogen and oxygen atoms in total. The first-order chi connectivity index (χ1) is 9.91. The zero-order valence-corrected chi connectivity index (χ0v) is 13.5. The average molecular weight is 317 g/mol. The van der Waals surface area contributed by atoms with Gasteiger partial charge in [0.05, 0.1) is 11.5 Å². The summed E-state index contributed by atoms with van der Waals surface area (Å²) >= 11 is 0. The molecule has 1 unspecified atom stereocenters. The fraction of sp³-hybridized carbons (Fsp3) is 0.929. The highest BCUT2D eigenvalue weighted by molar-refractivity contribution is 7.91. The van der Waals surface area contributed by atoms with Crippen LogP contribution in [0, 0.1) is 5.41 Å². The second-order valence-electron chi connectivity index (χ2n) is 6.53. The Morgan fingerprint density at radius 1 is 1.24 bits per heavy atom. The van der Waals surface area contributed by atoms with Crippen LogP contribution in [-0.4, -0.2) is 63.5 Å². The maximum Gasteiger partial charge on any atom is 0.218 e. The van der Waals surface area contributed by atoms with Crippen molar-refractivity contribution in [1.29, 1.82) is 0 Å². The van der Waals surface area contributed by atoms with E-state index in [1.165, 1.54) is 19.3 Å². The van der Waals surface area contributed by atoms with E-state index in [9.17, 15) is 13.2 Å². The van der Waals surface area contributed by atoms with Gasteiger partial charge in [0.1, 0.15) is 0 Å². The van der Waals surface area contributed by atoms with Crippen molar-refractivity contribution in [3.63, 3.8) is 0 Å². The molecule has 21 heavy (non-hydrogen) atoms. The third-order valence-corrected chi connectivity index (χ3v) is 6.31. The number of likely N-dealkylation sites (tertiary alicyclic amines) is 1. The largest absolute Gasteiger partial charge is 0.370 e. The summed E-state index contributed by atoms with van der Waals surface area (Å²) in [5.74, 6) is -0.545. The van der Waals surface area contributed by atoms with E-state index in [0.29, 0.717) is 12.0 Å². The molecule has 0 aromatic carbocycles. The first kappa shape index (κ1) is 16.7. The summed E-state index contributed by atoms with van der Waals surface area (Å²) in [6.07, 6.45) is 4.76. The molecule has 2 rings (SSSR count). The van der Waals surface area contributed by atoms with Gasteiger partial charge in [0.25, 0.3) is 0 Å². The number of nitrogens with one attached hydrogen (secondary N) is 1. The molecule has 3 N–H and O–H groups in total. The standard InChI is InChI=1S/C14H27N3O3S/c15-13(18)3-9-21(19,20)10-8-17-7-2-5-14(12-17)4-1-6-16-11-14/h16H,1-12H2,(H2,15,18). The summed E-state index contributed by atoms with van der Waals surface area (Å²) in [7, 11) is -3.18. The second-order valence-corrected chi connectivity index (χ2v) is 8.83. The van der Waals surface area contributed by atoms with Crippen molar-refractivity contribution < 1.29 is 13.2 Å². The molecule has 2 aliphatic rings. The summed E-state index contributed by atoms with van der Waals surface area (Å²) < 4.78 is 23.8. The molecule has 0 radical (unpaired) electrons. The molecule has 1 atom stereocenters. The Balaban J connectivity index is 1.81. The van der Waals surface area contributed by atoms with Crippen LogP contribution in [0.3, 0.4) is 0 Å². The van der Waals surface area contributed by atoms with Crippen LogP contribution in [-0.2, 0) is 14.6 Å².